The molecule has 1 aliphatic heterocycles. The van der Waals surface area contributed by atoms with E-state index in [9.17, 15) is 23.1 Å². The number of carbonyl (C=O) groups excluding carboxylic acids is 1. The normalized spacial score (nSPS) is 21.3. The maximum atomic E-state index is 13.4. The summed E-state index contributed by atoms with van der Waals surface area (Å²) in [5.41, 5.74) is -0.599. The molecule has 4 N–H and O–H groups in total. The number of aliphatic hydroxyl groups is 1. The van der Waals surface area contributed by atoms with E-state index in [1.165, 1.54) is 0 Å². The van der Waals surface area contributed by atoms with Crippen LogP contribution in [0.25, 0.3) is 0 Å². The predicted octanol–water partition coefficient (Wildman–Crippen LogP) is 1.37. The molecule has 1 aromatic rings. The molecule has 1 aromatic carbocycles. The van der Waals surface area contributed by atoms with Gasteiger partial charge in [0.1, 0.15) is 5.82 Å². The standard InChI is InChI=1S/C12H14F3N3O2.ClH/c13-6-3-7(14)11(15)8(4-6)17-12(20)18-9-5-16-2-1-10(9)19;/h3-4,9-10,16,19H,1-2,5H2,(H2,17,18,20);1H/t9-,10-;/m1./s1. The van der Waals surface area contributed by atoms with Gasteiger partial charge in [0.25, 0.3) is 0 Å². The van der Waals surface area contributed by atoms with E-state index < -0.39 is 41.3 Å². The first kappa shape index (κ1) is 17.5. The lowest BCUT2D eigenvalue weighted by atomic mass is 10.0. The van der Waals surface area contributed by atoms with Crippen molar-refractivity contribution in [2.45, 2.75) is 18.6 Å². The van der Waals surface area contributed by atoms with Crippen LogP contribution in [0.4, 0.5) is 23.7 Å². The number of urea groups is 1. The number of halogens is 4. The topological polar surface area (TPSA) is 73.4 Å². The van der Waals surface area contributed by atoms with Crippen LogP contribution in [-0.4, -0.2) is 36.4 Å². The summed E-state index contributed by atoms with van der Waals surface area (Å²) in [7, 11) is 0. The van der Waals surface area contributed by atoms with Gasteiger partial charge >= 0.3 is 6.03 Å². The fraction of sp³-hybridized carbons (Fsp3) is 0.417. The molecule has 118 valence electrons. The van der Waals surface area contributed by atoms with Crippen molar-refractivity contribution in [2.24, 2.45) is 0 Å². The molecule has 1 aliphatic rings. The molecule has 1 heterocycles. The average molecular weight is 326 g/mol. The van der Waals surface area contributed by atoms with Crippen molar-refractivity contribution in [3.63, 3.8) is 0 Å². The third-order valence-corrected chi connectivity index (χ3v) is 3.00. The maximum absolute atomic E-state index is 13.4. The monoisotopic (exact) mass is 325 g/mol. The van der Waals surface area contributed by atoms with Gasteiger partial charge in [0.15, 0.2) is 11.6 Å². The van der Waals surface area contributed by atoms with Crippen LogP contribution in [0.15, 0.2) is 12.1 Å². The second-order valence-corrected chi connectivity index (χ2v) is 4.51. The minimum absolute atomic E-state index is 0. The molecule has 2 amide bonds. The highest BCUT2D eigenvalue weighted by Gasteiger charge is 2.24. The quantitative estimate of drug-likeness (QED) is 0.621. The van der Waals surface area contributed by atoms with Crippen LogP contribution in [0.3, 0.4) is 0 Å². The smallest absolute Gasteiger partial charge is 0.319 e. The first-order valence-electron chi connectivity index (χ1n) is 6.08. The average Bonchev–Trinajstić information content (AvgIpc) is 2.38. The fourth-order valence-electron chi connectivity index (χ4n) is 1.97. The van der Waals surface area contributed by atoms with Gasteiger partial charge in [-0.25, -0.2) is 18.0 Å². The number of piperidine rings is 1. The van der Waals surface area contributed by atoms with E-state index in [4.69, 9.17) is 0 Å². The van der Waals surface area contributed by atoms with Crippen molar-refractivity contribution < 1.29 is 23.1 Å². The van der Waals surface area contributed by atoms with Gasteiger partial charge in [-0.1, -0.05) is 0 Å². The Labute approximate surface area is 125 Å². The highest BCUT2D eigenvalue weighted by Crippen LogP contribution is 2.19. The second kappa shape index (κ2) is 7.48. The lowest BCUT2D eigenvalue weighted by Crippen LogP contribution is -2.54. The van der Waals surface area contributed by atoms with Crippen LogP contribution in [0.2, 0.25) is 0 Å². The molecule has 0 unspecified atom stereocenters. The minimum atomic E-state index is -1.39. The first-order valence-corrected chi connectivity index (χ1v) is 6.08. The Morgan fingerprint density at radius 1 is 1.33 bits per heavy atom. The molecule has 0 saturated carbocycles. The van der Waals surface area contributed by atoms with E-state index in [1.807, 2.05) is 5.32 Å². The number of nitrogens with one attached hydrogen (secondary N) is 3. The van der Waals surface area contributed by atoms with Gasteiger partial charge in [-0.3, -0.25) is 0 Å². The summed E-state index contributed by atoms with van der Waals surface area (Å²) in [5.74, 6) is -3.73. The van der Waals surface area contributed by atoms with E-state index in [0.717, 1.165) is 0 Å². The molecule has 0 bridgehead atoms. The summed E-state index contributed by atoms with van der Waals surface area (Å²) < 4.78 is 39.3. The summed E-state index contributed by atoms with van der Waals surface area (Å²) in [4.78, 5) is 11.6. The zero-order valence-corrected chi connectivity index (χ0v) is 11.6. The number of amides is 2. The van der Waals surface area contributed by atoms with Crippen LogP contribution >= 0.6 is 12.4 Å². The second-order valence-electron chi connectivity index (χ2n) is 4.51. The predicted molar refractivity (Wildman–Crippen MR) is 73.0 cm³/mol. The third-order valence-electron chi connectivity index (χ3n) is 3.00. The van der Waals surface area contributed by atoms with Crippen molar-refractivity contribution in [3.8, 4) is 0 Å². The van der Waals surface area contributed by atoms with Crippen molar-refractivity contribution >= 4 is 24.1 Å². The van der Waals surface area contributed by atoms with Gasteiger partial charge in [0, 0.05) is 18.7 Å². The Morgan fingerprint density at radius 3 is 2.71 bits per heavy atom. The Bertz CT molecular complexity index is 519. The summed E-state index contributed by atoms with van der Waals surface area (Å²) >= 11 is 0. The van der Waals surface area contributed by atoms with Crippen molar-refractivity contribution in [1.29, 1.82) is 0 Å². The Balaban J connectivity index is 0.00000220. The van der Waals surface area contributed by atoms with Crippen LogP contribution in [0.5, 0.6) is 0 Å². The van der Waals surface area contributed by atoms with Gasteiger partial charge in [-0.2, -0.15) is 0 Å². The molecule has 1 fully saturated rings. The van der Waals surface area contributed by atoms with Gasteiger partial charge in [0.05, 0.1) is 17.8 Å². The molecule has 21 heavy (non-hydrogen) atoms. The SMILES string of the molecule is Cl.O=C(Nc1cc(F)cc(F)c1F)N[C@@H]1CNCC[C@H]1O. The lowest BCUT2D eigenvalue weighted by Gasteiger charge is -2.29. The lowest BCUT2D eigenvalue weighted by molar-refractivity contribution is 0.103. The molecule has 2 rings (SSSR count). The van der Waals surface area contributed by atoms with E-state index in [2.05, 4.69) is 10.6 Å². The van der Waals surface area contributed by atoms with Crippen LogP contribution < -0.4 is 16.0 Å². The highest BCUT2D eigenvalue weighted by molar-refractivity contribution is 5.89. The highest BCUT2D eigenvalue weighted by atomic mass is 35.5. The maximum Gasteiger partial charge on any atom is 0.319 e. The van der Waals surface area contributed by atoms with Gasteiger partial charge < -0.3 is 21.1 Å². The summed E-state index contributed by atoms with van der Waals surface area (Å²) in [5, 5.41) is 17.0. The molecule has 2 atom stereocenters. The molecule has 1 saturated heterocycles. The zero-order chi connectivity index (χ0) is 14.7. The number of anilines is 1. The molecule has 0 aliphatic carbocycles. The number of carbonyl (C=O) groups is 1. The van der Waals surface area contributed by atoms with E-state index in [-0.39, 0.29) is 12.4 Å². The summed E-state index contributed by atoms with van der Waals surface area (Å²) in [6, 6.07) is -0.340. The van der Waals surface area contributed by atoms with Gasteiger partial charge in [-0.05, 0) is 13.0 Å². The van der Waals surface area contributed by atoms with Gasteiger partial charge in [0.2, 0.25) is 0 Å². The Kier molecular flexibility index (Phi) is 6.25. The molecular formula is C12H15ClF3N3O2. The largest absolute Gasteiger partial charge is 0.391 e. The van der Waals surface area contributed by atoms with Crippen molar-refractivity contribution in [3.05, 3.63) is 29.6 Å². The fourth-order valence-corrected chi connectivity index (χ4v) is 1.97. The van der Waals surface area contributed by atoms with Crippen molar-refractivity contribution in [2.75, 3.05) is 18.4 Å². The zero-order valence-electron chi connectivity index (χ0n) is 10.8. The molecule has 0 spiro atoms. The number of aliphatic hydroxyl groups excluding tert-OH is 1. The Morgan fingerprint density at radius 2 is 2.05 bits per heavy atom. The van der Waals surface area contributed by atoms with E-state index in [0.29, 0.717) is 31.6 Å². The number of hydrogen-bond acceptors (Lipinski definition) is 3. The van der Waals surface area contributed by atoms with Crippen LogP contribution in [0.1, 0.15) is 6.42 Å². The summed E-state index contributed by atoms with van der Waals surface area (Å²) in [6.07, 6.45) is -0.260. The molecular weight excluding hydrogens is 311 g/mol. The van der Waals surface area contributed by atoms with E-state index in [1.54, 1.807) is 0 Å². The third kappa shape index (κ3) is 4.48. The number of benzene rings is 1. The van der Waals surface area contributed by atoms with Gasteiger partial charge in [-0.15, -0.1) is 12.4 Å². The van der Waals surface area contributed by atoms with Crippen LogP contribution in [0, 0.1) is 17.5 Å². The molecule has 5 nitrogen and oxygen atoms in total. The first-order chi connectivity index (χ1) is 9.47. The molecule has 0 aromatic heterocycles. The van der Waals surface area contributed by atoms with E-state index >= 15 is 0 Å². The summed E-state index contributed by atoms with van der Waals surface area (Å²) in [6.45, 7) is 0.985. The van der Waals surface area contributed by atoms with Crippen LogP contribution in [-0.2, 0) is 0 Å². The minimum Gasteiger partial charge on any atom is -0.391 e. The molecule has 9 heteroatoms. The number of rotatable bonds is 2. The number of hydrogen-bond donors (Lipinski definition) is 4. The molecule has 0 radical (unpaired) electrons. The Hall–Kier alpha value is -1.51. The van der Waals surface area contributed by atoms with Crippen molar-refractivity contribution in [1.82, 2.24) is 10.6 Å².